The van der Waals surface area contributed by atoms with Crippen LogP contribution in [0.2, 0.25) is 0 Å². The zero-order chi connectivity index (χ0) is 14.8. The SMILES string of the molecule is C[C@@H](NCc1cnc(C(C)(C)C)s1)c1ccc(F)cc1. The number of hydrogen-bond donors (Lipinski definition) is 1. The molecule has 0 fully saturated rings. The van der Waals surface area contributed by atoms with E-state index >= 15 is 0 Å². The first-order chi connectivity index (χ1) is 9.36. The van der Waals surface area contributed by atoms with Crippen molar-refractivity contribution in [3.63, 3.8) is 0 Å². The maximum absolute atomic E-state index is 12.9. The van der Waals surface area contributed by atoms with Crippen molar-refractivity contribution >= 4 is 11.3 Å². The number of halogens is 1. The van der Waals surface area contributed by atoms with Crippen LogP contribution >= 0.6 is 11.3 Å². The first kappa shape index (κ1) is 15.1. The van der Waals surface area contributed by atoms with Crippen molar-refractivity contribution in [2.24, 2.45) is 0 Å². The Hall–Kier alpha value is -1.26. The summed E-state index contributed by atoms with van der Waals surface area (Å²) in [6.07, 6.45) is 1.94. The predicted octanol–water partition coefficient (Wildman–Crippen LogP) is 4.43. The molecular formula is C16H21FN2S. The summed E-state index contributed by atoms with van der Waals surface area (Å²) in [5.74, 6) is -0.196. The highest BCUT2D eigenvalue weighted by Crippen LogP contribution is 2.27. The summed E-state index contributed by atoms with van der Waals surface area (Å²) >= 11 is 1.75. The van der Waals surface area contributed by atoms with Crippen molar-refractivity contribution < 1.29 is 4.39 Å². The molecule has 0 aliphatic carbocycles. The van der Waals surface area contributed by atoms with E-state index < -0.39 is 0 Å². The van der Waals surface area contributed by atoms with Crippen LogP contribution in [0.5, 0.6) is 0 Å². The van der Waals surface area contributed by atoms with Crippen molar-refractivity contribution in [1.29, 1.82) is 0 Å². The number of rotatable bonds is 4. The monoisotopic (exact) mass is 292 g/mol. The smallest absolute Gasteiger partial charge is 0.123 e. The molecule has 2 aromatic rings. The minimum Gasteiger partial charge on any atom is -0.305 e. The Morgan fingerprint density at radius 2 is 1.90 bits per heavy atom. The molecule has 0 radical (unpaired) electrons. The van der Waals surface area contributed by atoms with Gasteiger partial charge in [-0.3, -0.25) is 0 Å². The Balaban J connectivity index is 1.95. The summed E-state index contributed by atoms with van der Waals surface area (Å²) in [6.45, 7) is 9.38. The molecule has 0 unspecified atom stereocenters. The van der Waals surface area contributed by atoms with Gasteiger partial charge in [0.2, 0.25) is 0 Å². The number of thiazole rings is 1. The number of nitrogens with zero attached hydrogens (tertiary/aromatic N) is 1. The van der Waals surface area contributed by atoms with Crippen molar-refractivity contribution in [2.45, 2.75) is 45.7 Å². The van der Waals surface area contributed by atoms with Crippen LogP contribution in [0.25, 0.3) is 0 Å². The standard InChI is InChI=1S/C16H21FN2S/c1-11(12-5-7-13(17)8-6-12)18-9-14-10-19-15(20-14)16(2,3)4/h5-8,10-11,18H,9H2,1-4H3/t11-/m1/s1. The highest BCUT2D eigenvalue weighted by Gasteiger charge is 2.18. The summed E-state index contributed by atoms with van der Waals surface area (Å²) in [6, 6.07) is 6.83. The Kier molecular flexibility index (Phi) is 4.55. The predicted molar refractivity (Wildman–Crippen MR) is 82.5 cm³/mol. The van der Waals surface area contributed by atoms with Gasteiger partial charge < -0.3 is 5.32 Å². The molecule has 1 heterocycles. The molecule has 20 heavy (non-hydrogen) atoms. The van der Waals surface area contributed by atoms with Crippen LogP contribution in [0, 0.1) is 5.82 Å². The molecule has 2 rings (SSSR count). The van der Waals surface area contributed by atoms with Gasteiger partial charge in [0.05, 0.1) is 5.01 Å². The number of hydrogen-bond acceptors (Lipinski definition) is 3. The Bertz CT molecular complexity index is 555. The molecule has 0 spiro atoms. The minimum absolute atomic E-state index is 0.103. The molecular weight excluding hydrogens is 271 g/mol. The maximum Gasteiger partial charge on any atom is 0.123 e. The van der Waals surface area contributed by atoms with Crippen LogP contribution < -0.4 is 5.32 Å². The number of nitrogens with one attached hydrogen (secondary N) is 1. The summed E-state index contributed by atoms with van der Waals surface area (Å²) in [4.78, 5) is 5.70. The van der Waals surface area contributed by atoms with E-state index in [1.165, 1.54) is 17.0 Å². The minimum atomic E-state index is -0.196. The molecule has 0 saturated heterocycles. The van der Waals surface area contributed by atoms with E-state index in [0.29, 0.717) is 0 Å². The molecule has 0 aliphatic rings. The van der Waals surface area contributed by atoms with Crippen LogP contribution in [0.3, 0.4) is 0 Å². The van der Waals surface area contributed by atoms with Gasteiger partial charge in [-0.05, 0) is 24.6 Å². The third-order valence-electron chi connectivity index (χ3n) is 3.15. The highest BCUT2D eigenvalue weighted by molar-refractivity contribution is 7.11. The zero-order valence-corrected chi connectivity index (χ0v) is 13.2. The van der Waals surface area contributed by atoms with Crippen LogP contribution in [0.4, 0.5) is 4.39 Å². The summed E-state index contributed by atoms with van der Waals surface area (Å²) < 4.78 is 12.9. The third kappa shape index (κ3) is 3.87. The van der Waals surface area contributed by atoms with E-state index in [-0.39, 0.29) is 17.3 Å². The average Bonchev–Trinajstić information content (AvgIpc) is 2.85. The maximum atomic E-state index is 12.9. The van der Waals surface area contributed by atoms with Crippen molar-refractivity contribution in [1.82, 2.24) is 10.3 Å². The first-order valence-electron chi connectivity index (χ1n) is 6.80. The van der Waals surface area contributed by atoms with Crippen LogP contribution in [0.1, 0.15) is 49.2 Å². The lowest BCUT2D eigenvalue weighted by atomic mass is 9.98. The topological polar surface area (TPSA) is 24.9 Å². The molecule has 0 aliphatic heterocycles. The molecule has 2 nitrogen and oxygen atoms in total. The fraction of sp³-hybridized carbons (Fsp3) is 0.438. The second kappa shape index (κ2) is 6.02. The number of aromatic nitrogens is 1. The van der Waals surface area contributed by atoms with E-state index in [4.69, 9.17) is 0 Å². The van der Waals surface area contributed by atoms with E-state index in [9.17, 15) is 4.39 Å². The zero-order valence-electron chi connectivity index (χ0n) is 12.4. The van der Waals surface area contributed by atoms with E-state index in [2.05, 4.69) is 38.0 Å². The fourth-order valence-corrected chi connectivity index (χ4v) is 2.78. The lowest BCUT2D eigenvalue weighted by Crippen LogP contribution is -2.17. The lowest BCUT2D eigenvalue weighted by Gasteiger charge is -2.14. The number of benzene rings is 1. The third-order valence-corrected chi connectivity index (χ3v) is 4.57. The van der Waals surface area contributed by atoms with E-state index in [1.54, 1.807) is 11.3 Å². The van der Waals surface area contributed by atoms with Gasteiger partial charge in [0.15, 0.2) is 0 Å². The van der Waals surface area contributed by atoms with Crippen molar-refractivity contribution in [2.75, 3.05) is 0 Å². The largest absolute Gasteiger partial charge is 0.305 e. The van der Waals surface area contributed by atoms with Gasteiger partial charge in [-0.25, -0.2) is 9.37 Å². The lowest BCUT2D eigenvalue weighted by molar-refractivity contribution is 0.574. The average molecular weight is 292 g/mol. The van der Waals surface area contributed by atoms with Crippen LogP contribution in [-0.2, 0) is 12.0 Å². The van der Waals surface area contributed by atoms with Crippen LogP contribution in [-0.4, -0.2) is 4.98 Å². The summed E-state index contributed by atoms with van der Waals surface area (Å²) in [7, 11) is 0. The van der Waals surface area contributed by atoms with E-state index in [1.807, 2.05) is 18.3 Å². The molecule has 0 bridgehead atoms. The second-order valence-electron chi connectivity index (χ2n) is 6.04. The Morgan fingerprint density at radius 3 is 2.45 bits per heavy atom. The molecule has 0 amide bonds. The molecule has 1 atom stereocenters. The van der Waals surface area contributed by atoms with Gasteiger partial charge in [0.1, 0.15) is 5.82 Å². The molecule has 108 valence electrons. The molecule has 1 aromatic carbocycles. The first-order valence-corrected chi connectivity index (χ1v) is 7.62. The van der Waals surface area contributed by atoms with Gasteiger partial charge in [0.25, 0.3) is 0 Å². The van der Waals surface area contributed by atoms with Gasteiger partial charge in [-0.1, -0.05) is 32.9 Å². The normalized spacial score (nSPS) is 13.4. The Morgan fingerprint density at radius 1 is 1.25 bits per heavy atom. The van der Waals surface area contributed by atoms with Gasteiger partial charge >= 0.3 is 0 Å². The quantitative estimate of drug-likeness (QED) is 0.901. The van der Waals surface area contributed by atoms with Crippen molar-refractivity contribution in [3.8, 4) is 0 Å². The fourth-order valence-electron chi connectivity index (χ4n) is 1.86. The van der Waals surface area contributed by atoms with Gasteiger partial charge in [-0.15, -0.1) is 11.3 Å². The molecule has 4 heteroatoms. The second-order valence-corrected chi connectivity index (χ2v) is 7.15. The summed E-state index contributed by atoms with van der Waals surface area (Å²) in [5, 5.41) is 4.60. The van der Waals surface area contributed by atoms with Gasteiger partial charge in [0, 0.05) is 29.1 Å². The molecule has 1 N–H and O–H groups in total. The Labute approximate surface area is 124 Å². The van der Waals surface area contributed by atoms with Crippen LogP contribution in [0.15, 0.2) is 30.5 Å². The van der Waals surface area contributed by atoms with E-state index in [0.717, 1.165) is 17.1 Å². The van der Waals surface area contributed by atoms with Gasteiger partial charge in [-0.2, -0.15) is 0 Å². The molecule has 0 saturated carbocycles. The van der Waals surface area contributed by atoms with Crippen molar-refractivity contribution in [3.05, 3.63) is 51.7 Å². The molecule has 1 aromatic heterocycles. The highest BCUT2D eigenvalue weighted by atomic mass is 32.1. The summed E-state index contributed by atoms with van der Waals surface area (Å²) in [5.41, 5.74) is 1.19.